The molecule has 0 radical (unpaired) electrons. The van der Waals surface area contributed by atoms with E-state index >= 15 is 0 Å². The first-order valence-corrected chi connectivity index (χ1v) is 10.6. The maximum Gasteiger partial charge on any atom is 0.414 e. The molecule has 2 aliphatic heterocycles. The van der Waals surface area contributed by atoms with Crippen LogP contribution < -0.4 is 9.80 Å². The number of cyclic esters (lactones) is 1. The lowest BCUT2D eigenvalue weighted by atomic mass is 10.0. The number of allylic oxidation sites excluding steroid dienone is 1. The Labute approximate surface area is 185 Å². The SMILES string of the molecule is CCOC(=O)c1cn(CC2CN(c3ccc(N4CCC(=CC#N)CC4)cc3)C(=O)O2)nn1. The molecule has 1 aromatic carbocycles. The zero-order valence-electron chi connectivity index (χ0n) is 17.8. The second kappa shape index (κ2) is 9.51. The van der Waals surface area contributed by atoms with Crippen molar-refractivity contribution in [2.24, 2.45) is 0 Å². The second-order valence-corrected chi connectivity index (χ2v) is 7.60. The number of carbonyl (C=O) groups excluding carboxylic acids is 2. The minimum Gasteiger partial charge on any atom is -0.461 e. The van der Waals surface area contributed by atoms with Crippen LogP contribution in [0.25, 0.3) is 0 Å². The van der Waals surface area contributed by atoms with Crippen molar-refractivity contribution in [3.05, 3.63) is 47.8 Å². The Balaban J connectivity index is 1.35. The molecule has 1 amide bonds. The number of rotatable bonds is 6. The van der Waals surface area contributed by atoms with Gasteiger partial charge in [0, 0.05) is 30.5 Å². The third-order valence-electron chi connectivity index (χ3n) is 5.49. The van der Waals surface area contributed by atoms with Gasteiger partial charge in [0.05, 0.1) is 32.0 Å². The van der Waals surface area contributed by atoms with E-state index in [1.807, 2.05) is 24.3 Å². The molecule has 1 unspecified atom stereocenters. The molecule has 0 bridgehead atoms. The number of esters is 1. The molecular weight excluding hydrogens is 412 g/mol. The van der Waals surface area contributed by atoms with Crippen LogP contribution in [0.4, 0.5) is 16.2 Å². The molecule has 1 aromatic heterocycles. The quantitative estimate of drug-likeness (QED) is 0.501. The second-order valence-electron chi connectivity index (χ2n) is 7.60. The lowest BCUT2D eigenvalue weighted by molar-refractivity contribution is 0.0519. The van der Waals surface area contributed by atoms with Crippen LogP contribution in [0.1, 0.15) is 30.3 Å². The number of nitrogens with zero attached hydrogens (tertiary/aromatic N) is 6. The predicted octanol–water partition coefficient (Wildman–Crippen LogP) is 2.53. The molecule has 0 aliphatic carbocycles. The molecule has 32 heavy (non-hydrogen) atoms. The van der Waals surface area contributed by atoms with Crippen molar-refractivity contribution in [3.63, 3.8) is 0 Å². The summed E-state index contributed by atoms with van der Waals surface area (Å²) in [7, 11) is 0. The summed E-state index contributed by atoms with van der Waals surface area (Å²) in [6.07, 6.45) is 4.07. The van der Waals surface area contributed by atoms with Gasteiger partial charge in [-0.05, 0) is 44.0 Å². The van der Waals surface area contributed by atoms with Gasteiger partial charge in [-0.25, -0.2) is 14.3 Å². The standard InChI is InChI=1S/C22H24N6O4/c1-2-31-21(29)20-15-27(25-24-20)13-19-14-28(22(30)32-19)18-5-3-17(4-6-18)26-11-8-16(7-10-23)9-12-26/h3-7,15,19H,2,8-9,11-14H2,1H3. The van der Waals surface area contributed by atoms with Crippen LogP contribution in [0.2, 0.25) is 0 Å². The van der Waals surface area contributed by atoms with E-state index in [9.17, 15) is 9.59 Å². The molecule has 0 spiro atoms. The van der Waals surface area contributed by atoms with E-state index in [4.69, 9.17) is 14.7 Å². The fourth-order valence-corrected chi connectivity index (χ4v) is 3.85. The number of nitriles is 1. The summed E-state index contributed by atoms with van der Waals surface area (Å²) >= 11 is 0. The Morgan fingerprint density at radius 2 is 2.00 bits per heavy atom. The van der Waals surface area contributed by atoms with Crippen molar-refractivity contribution >= 4 is 23.4 Å². The number of carbonyl (C=O) groups is 2. The molecule has 1 atom stereocenters. The number of aromatic nitrogens is 3. The van der Waals surface area contributed by atoms with Gasteiger partial charge in [0.1, 0.15) is 6.10 Å². The normalized spacial score (nSPS) is 18.3. The fourth-order valence-electron chi connectivity index (χ4n) is 3.85. The van der Waals surface area contributed by atoms with Crippen LogP contribution >= 0.6 is 0 Å². The van der Waals surface area contributed by atoms with Crippen LogP contribution in [0.5, 0.6) is 0 Å². The Kier molecular flexibility index (Phi) is 6.35. The number of amides is 1. The van der Waals surface area contributed by atoms with Crippen LogP contribution in [0.15, 0.2) is 42.1 Å². The van der Waals surface area contributed by atoms with Gasteiger partial charge in [-0.15, -0.1) is 5.10 Å². The van der Waals surface area contributed by atoms with Crippen molar-refractivity contribution in [3.8, 4) is 6.07 Å². The summed E-state index contributed by atoms with van der Waals surface area (Å²) in [5.74, 6) is -0.533. The molecule has 0 saturated carbocycles. The van der Waals surface area contributed by atoms with Crippen LogP contribution in [-0.4, -0.2) is 59.4 Å². The van der Waals surface area contributed by atoms with Crippen molar-refractivity contribution in [1.29, 1.82) is 5.26 Å². The van der Waals surface area contributed by atoms with E-state index in [1.165, 1.54) is 16.5 Å². The minimum atomic E-state index is -0.533. The Bertz CT molecular complexity index is 1050. The van der Waals surface area contributed by atoms with Crippen LogP contribution in [-0.2, 0) is 16.0 Å². The van der Waals surface area contributed by atoms with Gasteiger partial charge in [-0.2, -0.15) is 5.26 Å². The van der Waals surface area contributed by atoms with E-state index in [0.717, 1.165) is 37.3 Å². The average molecular weight is 436 g/mol. The number of hydrogen-bond donors (Lipinski definition) is 0. The van der Waals surface area contributed by atoms with E-state index in [2.05, 4.69) is 21.3 Å². The maximum absolute atomic E-state index is 12.4. The summed E-state index contributed by atoms with van der Waals surface area (Å²) in [5, 5.41) is 16.5. The van der Waals surface area contributed by atoms with Gasteiger partial charge < -0.3 is 14.4 Å². The highest BCUT2D eigenvalue weighted by Gasteiger charge is 2.33. The summed E-state index contributed by atoms with van der Waals surface area (Å²) in [4.78, 5) is 28.0. The van der Waals surface area contributed by atoms with E-state index in [-0.39, 0.29) is 12.3 Å². The molecule has 2 aliphatic rings. The first-order chi connectivity index (χ1) is 15.6. The van der Waals surface area contributed by atoms with E-state index in [0.29, 0.717) is 13.1 Å². The topological polar surface area (TPSA) is 114 Å². The summed E-state index contributed by atoms with van der Waals surface area (Å²) < 4.78 is 11.8. The molecule has 3 heterocycles. The fraction of sp³-hybridized carbons (Fsp3) is 0.409. The van der Waals surface area contributed by atoms with Gasteiger partial charge in [0.2, 0.25) is 0 Å². The molecule has 166 valence electrons. The van der Waals surface area contributed by atoms with Gasteiger partial charge >= 0.3 is 12.1 Å². The largest absolute Gasteiger partial charge is 0.461 e. The van der Waals surface area contributed by atoms with Crippen molar-refractivity contribution < 1.29 is 19.1 Å². The molecule has 2 aromatic rings. The maximum atomic E-state index is 12.4. The highest BCUT2D eigenvalue weighted by atomic mass is 16.6. The monoisotopic (exact) mass is 436 g/mol. The summed E-state index contributed by atoms with van der Waals surface area (Å²) in [6, 6.07) is 9.92. The lowest BCUT2D eigenvalue weighted by Crippen LogP contribution is -2.30. The number of piperidine rings is 1. The first kappa shape index (κ1) is 21.4. The van der Waals surface area contributed by atoms with Crippen LogP contribution in [0.3, 0.4) is 0 Å². The number of ether oxygens (including phenoxy) is 2. The number of hydrogen-bond acceptors (Lipinski definition) is 8. The average Bonchev–Trinajstić information content (AvgIpc) is 3.41. The summed E-state index contributed by atoms with van der Waals surface area (Å²) in [5.41, 5.74) is 3.15. The van der Waals surface area contributed by atoms with Gasteiger partial charge in [-0.3, -0.25) is 4.90 Å². The minimum absolute atomic E-state index is 0.122. The molecule has 4 rings (SSSR count). The Morgan fingerprint density at radius 3 is 2.69 bits per heavy atom. The lowest BCUT2D eigenvalue weighted by Gasteiger charge is -2.30. The van der Waals surface area contributed by atoms with Crippen LogP contribution in [0, 0.1) is 11.3 Å². The Hall–Kier alpha value is -3.87. The zero-order valence-corrected chi connectivity index (χ0v) is 17.8. The van der Waals surface area contributed by atoms with Crippen molar-refractivity contribution in [2.45, 2.75) is 32.4 Å². The molecule has 10 heteroatoms. The summed E-state index contributed by atoms with van der Waals surface area (Å²) in [6.45, 7) is 4.38. The van der Waals surface area contributed by atoms with Gasteiger partial charge in [0.15, 0.2) is 5.69 Å². The Morgan fingerprint density at radius 1 is 1.28 bits per heavy atom. The first-order valence-electron chi connectivity index (χ1n) is 10.6. The third-order valence-corrected chi connectivity index (χ3v) is 5.49. The van der Waals surface area contributed by atoms with E-state index < -0.39 is 18.2 Å². The highest BCUT2D eigenvalue weighted by molar-refractivity contribution is 5.90. The smallest absolute Gasteiger partial charge is 0.414 e. The molecular formula is C22H24N6O4. The zero-order chi connectivity index (χ0) is 22.5. The van der Waals surface area contributed by atoms with Crippen molar-refractivity contribution in [2.75, 3.05) is 36.0 Å². The predicted molar refractivity (Wildman–Crippen MR) is 115 cm³/mol. The van der Waals surface area contributed by atoms with Crippen molar-refractivity contribution in [1.82, 2.24) is 15.0 Å². The van der Waals surface area contributed by atoms with E-state index in [1.54, 1.807) is 17.9 Å². The van der Waals surface area contributed by atoms with Gasteiger partial charge in [0.25, 0.3) is 0 Å². The number of anilines is 2. The number of benzene rings is 1. The third kappa shape index (κ3) is 4.72. The molecule has 2 saturated heterocycles. The molecule has 2 fully saturated rings. The molecule has 10 nitrogen and oxygen atoms in total. The molecule has 0 N–H and O–H groups in total. The highest BCUT2D eigenvalue weighted by Crippen LogP contribution is 2.27. The van der Waals surface area contributed by atoms with Gasteiger partial charge in [-0.1, -0.05) is 10.8 Å².